The Bertz CT molecular complexity index is 1030. The number of aliphatic hydroxyl groups is 1. The summed E-state index contributed by atoms with van der Waals surface area (Å²) in [4.78, 5) is 0.0395. The predicted octanol–water partition coefficient (Wildman–Crippen LogP) is 0.0146. The molecule has 0 spiro atoms. The number of hydrogen-bond acceptors (Lipinski definition) is 7. The second-order valence-corrected chi connectivity index (χ2v) is 8.94. The van der Waals surface area contributed by atoms with Gasteiger partial charge < -0.3 is 15.8 Å². The van der Waals surface area contributed by atoms with E-state index >= 15 is 0 Å². The average molecular weight is 459 g/mol. The third kappa shape index (κ3) is 6.66. The molecular formula is C20H23N2NaO5S2. The molecule has 3 N–H and O–H groups in total. The van der Waals surface area contributed by atoms with Gasteiger partial charge in [0.05, 0.1) is 23.7 Å². The molecule has 0 aliphatic heterocycles. The van der Waals surface area contributed by atoms with Crippen molar-refractivity contribution >= 4 is 21.8 Å². The molecular weight excluding hydrogens is 435 g/mol. The summed E-state index contributed by atoms with van der Waals surface area (Å²) in [5.74, 6) is 1.99. The van der Waals surface area contributed by atoms with Crippen LogP contribution in [-0.4, -0.2) is 43.4 Å². The number of hydrogen-bond donors (Lipinski definition) is 2. The average Bonchev–Trinajstić information content (AvgIpc) is 3.14. The number of sulfonamides is 1. The van der Waals surface area contributed by atoms with Crippen LogP contribution >= 0.6 is 11.8 Å². The van der Waals surface area contributed by atoms with Gasteiger partial charge in [0.25, 0.3) is 0 Å². The molecule has 156 valence electrons. The van der Waals surface area contributed by atoms with Crippen molar-refractivity contribution in [1.29, 1.82) is 0 Å². The van der Waals surface area contributed by atoms with Crippen LogP contribution in [0, 0.1) is 0 Å². The number of aliphatic hydroxyl groups excluding tert-OH is 1. The first-order chi connectivity index (χ1) is 14.0. The molecule has 0 bridgehead atoms. The number of ether oxygens (including phenoxy) is 1. The molecule has 30 heavy (non-hydrogen) atoms. The minimum Gasteiger partial charge on any atom is -1.00 e. The number of rotatable bonds is 10. The molecule has 0 amide bonds. The molecule has 0 aliphatic carbocycles. The van der Waals surface area contributed by atoms with Crippen molar-refractivity contribution in [3.05, 3.63) is 60.4 Å². The first-order valence-corrected chi connectivity index (χ1v) is 11.6. The third-order valence-electron chi connectivity index (χ3n) is 4.12. The Labute approximate surface area is 203 Å². The summed E-state index contributed by atoms with van der Waals surface area (Å²) in [7, 11) is -3.77. The molecule has 0 saturated heterocycles. The van der Waals surface area contributed by atoms with Crippen LogP contribution < -0.4 is 34.7 Å². The molecule has 0 radical (unpaired) electrons. The van der Waals surface area contributed by atoms with E-state index in [2.05, 4.69) is 5.16 Å². The van der Waals surface area contributed by atoms with Gasteiger partial charge in [-0.05, 0) is 17.7 Å². The summed E-state index contributed by atoms with van der Waals surface area (Å²) < 4.78 is 34.4. The van der Waals surface area contributed by atoms with Gasteiger partial charge in [-0.1, -0.05) is 47.6 Å². The van der Waals surface area contributed by atoms with Crippen LogP contribution in [0.2, 0.25) is 0 Å². The Kier molecular flexibility index (Phi) is 10.1. The molecule has 1 heterocycles. The van der Waals surface area contributed by atoms with E-state index in [-0.39, 0.29) is 49.1 Å². The summed E-state index contributed by atoms with van der Waals surface area (Å²) in [6, 6.07) is 15.9. The Morgan fingerprint density at radius 1 is 1.07 bits per heavy atom. The van der Waals surface area contributed by atoms with E-state index in [0.717, 1.165) is 22.4 Å². The van der Waals surface area contributed by atoms with E-state index < -0.39 is 10.0 Å². The fraction of sp³-hybridized carbons (Fsp3) is 0.250. The maximum Gasteiger partial charge on any atom is 1.00 e. The first-order valence-electron chi connectivity index (χ1n) is 8.94. The molecule has 10 heteroatoms. The van der Waals surface area contributed by atoms with Gasteiger partial charge in [-0.3, -0.25) is 0 Å². The van der Waals surface area contributed by atoms with E-state index in [1.807, 2.05) is 30.3 Å². The number of nitrogens with two attached hydrogens (primary N) is 1. The van der Waals surface area contributed by atoms with Crippen molar-refractivity contribution in [1.82, 2.24) is 5.16 Å². The fourth-order valence-electron chi connectivity index (χ4n) is 2.77. The molecule has 3 rings (SSSR count). The summed E-state index contributed by atoms with van der Waals surface area (Å²) in [5, 5.41) is 18.2. The number of aromatic nitrogens is 1. The van der Waals surface area contributed by atoms with Crippen molar-refractivity contribution in [2.45, 2.75) is 11.5 Å². The minimum atomic E-state index is -3.77. The van der Waals surface area contributed by atoms with Crippen LogP contribution in [0.1, 0.15) is 7.19 Å². The molecule has 3 aromatic rings. The molecule has 0 fully saturated rings. The van der Waals surface area contributed by atoms with Crippen molar-refractivity contribution in [3.8, 4) is 22.4 Å². The first kappa shape index (κ1) is 25.1. The minimum absolute atomic E-state index is 0. The zero-order valence-electron chi connectivity index (χ0n) is 17.7. The molecule has 0 unspecified atom stereocenters. The molecule has 0 saturated carbocycles. The standard InChI is InChI=1S/C20H22N2O5S2.Na.H/c21-29(24,25)17-8-6-15(7-9-17)19-18(14-26-11-13-28-12-10-23)27-22-20(19)16-4-2-1-3-5-16;;/h1-9,23H,10-14H2,(H2,21,24,25);;/q;+1;-1. The summed E-state index contributed by atoms with van der Waals surface area (Å²) >= 11 is 1.60. The maximum absolute atomic E-state index is 11.5. The van der Waals surface area contributed by atoms with Gasteiger partial charge in [-0.2, -0.15) is 11.8 Å². The van der Waals surface area contributed by atoms with Gasteiger partial charge in [0.2, 0.25) is 10.0 Å². The fourth-order valence-corrected chi connectivity index (χ4v) is 3.86. The second kappa shape index (κ2) is 12.0. The molecule has 7 nitrogen and oxygen atoms in total. The number of nitrogens with zero attached hydrogens (tertiary/aromatic N) is 1. The zero-order valence-corrected chi connectivity index (χ0v) is 20.3. The van der Waals surface area contributed by atoms with Crippen molar-refractivity contribution in [2.75, 3.05) is 24.7 Å². The van der Waals surface area contributed by atoms with Gasteiger partial charge in [0.1, 0.15) is 12.3 Å². The normalized spacial score (nSPS) is 11.3. The Hall–Kier alpha value is -1.17. The van der Waals surface area contributed by atoms with Crippen LogP contribution in [0.4, 0.5) is 0 Å². The van der Waals surface area contributed by atoms with Crippen LogP contribution in [0.15, 0.2) is 64.0 Å². The van der Waals surface area contributed by atoms with Crippen molar-refractivity contribution < 1.29 is 53.8 Å². The summed E-state index contributed by atoms with van der Waals surface area (Å²) in [6.07, 6.45) is 0. The van der Waals surface area contributed by atoms with Gasteiger partial charge >= 0.3 is 29.6 Å². The maximum atomic E-state index is 11.5. The zero-order chi connectivity index (χ0) is 20.7. The number of thioether (sulfide) groups is 1. The van der Waals surface area contributed by atoms with E-state index in [9.17, 15) is 8.42 Å². The predicted molar refractivity (Wildman–Crippen MR) is 114 cm³/mol. The van der Waals surface area contributed by atoms with Gasteiger partial charge in [-0.25, -0.2) is 13.6 Å². The van der Waals surface area contributed by atoms with Crippen molar-refractivity contribution in [2.24, 2.45) is 5.14 Å². The Morgan fingerprint density at radius 3 is 2.40 bits per heavy atom. The van der Waals surface area contributed by atoms with Crippen LogP contribution in [0.25, 0.3) is 22.4 Å². The van der Waals surface area contributed by atoms with Gasteiger partial charge in [0.15, 0.2) is 5.76 Å². The molecule has 2 aromatic carbocycles. The van der Waals surface area contributed by atoms with Gasteiger partial charge in [0, 0.05) is 17.1 Å². The third-order valence-corrected chi connectivity index (χ3v) is 5.98. The van der Waals surface area contributed by atoms with E-state index in [4.69, 9.17) is 19.5 Å². The molecule has 1 aromatic heterocycles. The largest absolute Gasteiger partial charge is 1.00 e. The summed E-state index contributed by atoms with van der Waals surface area (Å²) in [6.45, 7) is 0.882. The van der Waals surface area contributed by atoms with Crippen LogP contribution in [-0.2, 0) is 21.4 Å². The smallest absolute Gasteiger partial charge is 1.00 e. The van der Waals surface area contributed by atoms with Gasteiger partial charge in [-0.15, -0.1) is 0 Å². The van der Waals surface area contributed by atoms with E-state index in [1.54, 1.807) is 23.9 Å². The molecule has 0 aliphatic rings. The summed E-state index contributed by atoms with van der Waals surface area (Å²) in [5.41, 5.74) is 3.04. The van der Waals surface area contributed by atoms with E-state index in [1.165, 1.54) is 12.1 Å². The Morgan fingerprint density at radius 2 is 1.77 bits per heavy atom. The Balaban J connectivity index is 0.00000240. The quantitative estimate of drug-likeness (QED) is 0.325. The number of primary sulfonamides is 1. The van der Waals surface area contributed by atoms with Crippen molar-refractivity contribution in [3.63, 3.8) is 0 Å². The molecule has 0 atom stereocenters. The second-order valence-electron chi connectivity index (χ2n) is 6.15. The van der Waals surface area contributed by atoms with Crippen LogP contribution in [0.5, 0.6) is 0 Å². The topological polar surface area (TPSA) is 116 Å². The number of benzene rings is 2. The van der Waals surface area contributed by atoms with Crippen LogP contribution in [0.3, 0.4) is 0 Å². The van der Waals surface area contributed by atoms with E-state index in [0.29, 0.717) is 23.8 Å². The SMILES string of the molecule is NS(=O)(=O)c1ccc(-c2c(-c3ccccc3)noc2COCCSCCO)cc1.[H-].[Na+]. The monoisotopic (exact) mass is 458 g/mol.